The molecule has 0 radical (unpaired) electrons. The predicted octanol–water partition coefficient (Wildman–Crippen LogP) is 2.78. The summed E-state index contributed by atoms with van der Waals surface area (Å²) in [5, 5.41) is 22.9. The van der Waals surface area contributed by atoms with E-state index in [1.807, 2.05) is 61.5 Å². The summed E-state index contributed by atoms with van der Waals surface area (Å²) in [4.78, 5) is 169. The number of hydrogen-bond acceptors (Lipinski definition) is 13. The van der Waals surface area contributed by atoms with Crippen LogP contribution < -0.4 is 21.3 Å². The molecule has 0 aromatic heterocycles. The number of carbonyl (C=O) groups is 11. The van der Waals surface area contributed by atoms with E-state index in [0.29, 0.717) is 6.42 Å². The summed E-state index contributed by atoms with van der Waals surface area (Å²) in [5.74, 6) is -9.26. The summed E-state index contributed by atoms with van der Waals surface area (Å²) in [5.41, 5.74) is 0. The number of allylic oxidation sites excluding steroid dienone is 2. The van der Waals surface area contributed by atoms with Crippen LogP contribution in [0.4, 0.5) is 0 Å². The Morgan fingerprint density at radius 1 is 0.557 bits per heavy atom. The van der Waals surface area contributed by atoms with Crippen LogP contribution in [-0.4, -0.2) is 246 Å². The number of nitrogens with one attached hydrogen (secondary N) is 4. The first-order chi connectivity index (χ1) is 39.7. The van der Waals surface area contributed by atoms with Crippen molar-refractivity contribution in [2.24, 2.45) is 35.5 Å². The maximum atomic E-state index is 15.0. The molecular weight excluding hydrogens is 1300 g/mol. The topological polar surface area (TPSA) is 282 Å². The Morgan fingerprint density at radius 2 is 1.01 bits per heavy atom. The number of amides is 11. The molecule has 0 aromatic carbocycles. The number of likely N-dealkylation sites (N-methyl/N-ethyl adjacent to an activating group) is 8. The van der Waals surface area contributed by atoms with Crippen molar-refractivity contribution in [1.29, 1.82) is 0 Å². The van der Waals surface area contributed by atoms with Crippen molar-refractivity contribution >= 4 is 65.0 Å². The monoisotopic (exact) mass is 1410 g/mol. The normalized spacial score (nSPS) is 26.2. The Labute approximate surface area is 542 Å². The molecule has 1 aliphatic heterocycles. The van der Waals surface area contributed by atoms with E-state index in [1.165, 1.54) is 75.7 Å². The smallest absolute Gasteiger partial charge is 0.469 e. The molecule has 0 aliphatic carbocycles. The Balaban J connectivity index is 0. The minimum absolute atomic E-state index is 0. The zero-order chi connectivity index (χ0) is 66.7. The van der Waals surface area contributed by atoms with E-state index >= 15 is 4.79 Å². The Morgan fingerprint density at radius 3 is 1.47 bits per heavy atom. The minimum atomic E-state index is -1.55. The Kier molecular flexibility index (Phi) is 37.3. The van der Waals surface area contributed by atoms with Crippen LogP contribution >= 0.6 is 0 Å². The van der Waals surface area contributed by atoms with Crippen molar-refractivity contribution in [2.75, 3.05) is 70.0 Å². The first-order valence-corrected chi connectivity index (χ1v) is 30.6. The average Bonchev–Trinajstić information content (AvgIpc) is 1.71. The minimum Gasteiger partial charge on any atom is -0.469 e. The number of rotatable bonds is 15. The molecule has 1 aliphatic rings. The van der Waals surface area contributed by atoms with Gasteiger partial charge in [0.15, 0.2) is 0 Å². The molecule has 1 fully saturated rings. The molecule has 0 saturated carbocycles. The summed E-state index contributed by atoms with van der Waals surface area (Å²) >= 11 is 0. The second-order valence-corrected chi connectivity index (χ2v) is 25.9. The van der Waals surface area contributed by atoms with E-state index in [2.05, 4.69) is 21.3 Å². The third kappa shape index (κ3) is 24.3. The van der Waals surface area contributed by atoms with E-state index < -0.39 is 143 Å². The van der Waals surface area contributed by atoms with Crippen molar-refractivity contribution in [3.63, 3.8) is 0 Å². The molecule has 0 aromatic rings. The summed E-state index contributed by atoms with van der Waals surface area (Å²) in [6.07, 6.45) is 2.70. The van der Waals surface area contributed by atoms with Gasteiger partial charge in [0.05, 0.1) is 6.10 Å². The van der Waals surface area contributed by atoms with Crippen molar-refractivity contribution in [2.45, 2.75) is 209 Å². The van der Waals surface area contributed by atoms with Gasteiger partial charge < -0.3 is 77.8 Å². The molecular formula is C63H114N12O12W. The molecule has 504 valence electrons. The van der Waals surface area contributed by atoms with Gasteiger partial charge in [0.25, 0.3) is 0 Å². The fourth-order valence-electron chi connectivity index (χ4n) is 10.5. The van der Waals surface area contributed by atoms with Gasteiger partial charge in [0, 0.05) is 61.3 Å². The third-order valence-corrected chi connectivity index (χ3v) is 16.2. The molecule has 0 spiro atoms. The number of carbonyl (C=O) groups excluding carboxylic acids is 11. The summed E-state index contributed by atoms with van der Waals surface area (Å²) < 4.78 is 0. The van der Waals surface area contributed by atoms with Gasteiger partial charge in [-0.25, -0.2) is 6.54 Å². The summed E-state index contributed by atoms with van der Waals surface area (Å²) in [7, 11) is 13.3. The molecule has 11 amide bonds. The third-order valence-electron chi connectivity index (χ3n) is 16.2. The molecule has 1 saturated heterocycles. The summed E-state index contributed by atoms with van der Waals surface area (Å²) in [6.45, 7) is 27.3. The Bertz CT molecular complexity index is 2350. The molecule has 0 unspecified atom stereocenters. The van der Waals surface area contributed by atoms with E-state index in [1.54, 1.807) is 66.7 Å². The van der Waals surface area contributed by atoms with Crippen molar-refractivity contribution in [1.82, 2.24) is 60.5 Å². The molecule has 0 bridgehead atoms. The quantitative estimate of drug-likeness (QED) is 0.117. The second-order valence-electron chi connectivity index (χ2n) is 25.9. The fraction of sp³-hybridized carbons (Fsp3) is 0.762. The van der Waals surface area contributed by atoms with E-state index in [-0.39, 0.29) is 90.8 Å². The van der Waals surface area contributed by atoms with Crippen molar-refractivity contribution in [3.8, 4) is 0 Å². The van der Waals surface area contributed by atoms with Gasteiger partial charge in [-0.2, -0.15) is 0 Å². The van der Waals surface area contributed by atoms with Crippen molar-refractivity contribution < 1.29 is 78.9 Å². The van der Waals surface area contributed by atoms with Crippen LogP contribution in [0.5, 0.6) is 0 Å². The largest absolute Gasteiger partial charge is 2.00 e. The first-order valence-electron chi connectivity index (χ1n) is 30.6. The van der Waals surface area contributed by atoms with Gasteiger partial charge in [-0.3, -0.25) is 47.9 Å². The predicted molar refractivity (Wildman–Crippen MR) is 338 cm³/mol. The molecule has 1 heterocycles. The van der Waals surface area contributed by atoms with Gasteiger partial charge in [-0.05, 0) is 110 Å². The van der Waals surface area contributed by atoms with E-state index in [4.69, 9.17) is 0 Å². The molecule has 88 heavy (non-hydrogen) atoms. The average molecular weight is 1420 g/mol. The molecule has 25 heteroatoms. The number of aliphatic hydroxyl groups excluding tert-OH is 1. The number of aliphatic hydroxyl groups is 1. The van der Waals surface area contributed by atoms with Crippen LogP contribution in [0, 0.1) is 49.5 Å². The summed E-state index contributed by atoms with van der Waals surface area (Å²) in [6, 6.07) is -11.8. The van der Waals surface area contributed by atoms with Gasteiger partial charge in [-0.15, -0.1) is 0 Å². The van der Waals surface area contributed by atoms with Gasteiger partial charge in [0.2, 0.25) is 59.1 Å². The fourth-order valence-corrected chi connectivity index (χ4v) is 10.5. The molecule has 5 N–H and O–H groups in total. The van der Waals surface area contributed by atoms with Crippen LogP contribution in [0.3, 0.4) is 0 Å². The van der Waals surface area contributed by atoms with E-state index in [9.17, 15) is 53.1 Å². The van der Waals surface area contributed by atoms with Crippen LogP contribution in [-0.2, 0) is 73.8 Å². The van der Waals surface area contributed by atoms with Crippen LogP contribution in [0.1, 0.15) is 142 Å². The maximum absolute atomic E-state index is 15.0. The Hall–Kier alpha value is -5.61. The van der Waals surface area contributed by atoms with E-state index in [0.717, 1.165) is 21.2 Å². The number of hydrogen-bond donors (Lipinski definition) is 5. The van der Waals surface area contributed by atoms with Gasteiger partial charge in [0.1, 0.15) is 60.3 Å². The standard InChI is InChI=1S/C62H111N12O12.CH3.W/c1-25-27-28-40(13)53(77)52-57(81)65-43(26-2)59(83)68(18)34-50(76)69(19)48(33-67(16)17)56(80)66-51(39(11)12)62(86)71(21)45(29-35(3)4)55(79)63-41(14)54(78)64-42(15)58(82)72(22)46(30-36(5)6)61(85)73(23)47(31-37(7)8)60(84)70(20)44(38(9)10)32-49(75)74(52)24;;/h25,27,34-48,51-53,77H,26,28-33H2,1-24H3,(H,63,79)(H,64,78)(H,65,81)(H,66,80);1H3;/q2*-1;+2/t40-,41+,42-,43+,44-,45+,46+,47+,48+,51+,52+,53-;;/m1../s1. The van der Waals surface area contributed by atoms with Crippen LogP contribution in [0.25, 0.3) is 0 Å². The molecule has 12 atom stereocenters. The van der Waals surface area contributed by atoms with Gasteiger partial charge in [-0.1, -0.05) is 95.2 Å². The first kappa shape index (κ1) is 84.5. The second kappa shape index (κ2) is 38.8. The number of nitrogens with zero attached hydrogens (tertiary/aromatic N) is 8. The zero-order valence-corrected chi connectivity index (χ0v) is 60.9. The molecule has 1 rings (SSSR count). The maximum Gasteiger partial charge on any atom is 2.00 e. The van der Waals surface area contributed by atoms with Crippen LogP contribution in [0.15, 0.2) is 12.2 Å². The van der Waals surface area contributed by atoms with Crippen molar-refractivity contribution in [3.05, 3.63) is 26.1 Å². The van der Waals surface area contributed by atoms with Crippen LogP contribution in [0.2, 0.25) is 0 Å². The SMILES string of the molecule is CC=CC[C@@H](C)[C@@H](O)[C@H]1C(=O)N[C@@H](CC)C(=O)N(C)[CH-]C(=O)N(C)[C@@H](CN(C)C)C(=O)N[C@@H](C(C)C)C(=O)N(C)[C@@H](CC(C)C)C(=O)N[C@@H](C)C(=O)N[C@H](C)C(=O)N(C)[C@@H](CC(C)C)C(=O)N(C)[C@@H](CC(C)C)C(=O)N(C)[C@@H](C(C)C)CC(=O)N1C.[CH3-].[W+2]. The zero-order valence-electron chi connectivity index (χ0n) is 57.9. The molecule has 24 nitrogen and oxygen atoms in total. The van der Waals surface area contributed by atoms with Gasteiger partial charge >= 0.3 is 21.1 Å².